The molecule has 424 valence electrons. The molecular weight excluding hydrogens is 911 g/mol. The molecule has 0 bridgehead atoms. The van der Waals surface area contributed by atoms with Crippen molar-refractivity contribution in [2.75, 3.05) is 32.1 Å². The van der Waals surface area contributed by atoms with Gasteiger partial charge in [0.2, 0.25) is 5.78 Å². The first kappa shape index (κ1) is 70.7. The largest absolute Gasteiger partial charge is 0.502 e. The van der Waals surface area contributed by atoms with Crippen LogP contribution in [0, 0.1) is 0 Å². The molecular formula is C63H127NO5SSi. The Balaban J connectivity index is 5.89. The van der Waals surface area contributed by atoms with E-state index in [4.69, 9.17) is 13.3 Å². The molecule has 6 nitrogen and oxygen atoms in total. The van der Waals surface area contributed by atoms with Gasteiger partial charge in [0.25, 0.3) is 5.12 Å². The van der Waals surface area contributed by atoms with Crippen LogP contribution in [0.4, 0.5) is 0 Å². The van der Waals surface area contributed by atoms with Crippen LogP contribution >= 0.6 is 11.8 Å². The van der Waals surface area contributed by atoms with E-state index in [1.165, 1.54) is 281 Å². The number of nitrogens with zero attached hydrogens (tertiary/aromatic N) is 1. The summed E-state index contributed by atoms with van der Waals surface area (Å²) in [7, 11) is -3.15. The number of ketones is 1. The monoisotopic (exact) mass is 1040 g/mol. The molecule has 0 radical (unpaired) electrons. The standard InChI is InChI=1S/C63H127NO5SSi/c1-7-12-17-22-27-32-35-38-43-48-54-62(65)63(66)70-59-53-60-71(67-57-51-46-41-30-25-20-15-10-4,68-58-52-47-42-31-26-21-16-11-5)69-61(6)64(55-49-44-39-36-33-28-23-18-13-8-2)56-50-45-40-37-34-29-24-19-14-9-3/h61H,7-60H2,1-6H3. The summed E-state index contributed by atoms with van der Waals surface area (Å²) >= 11 is 1.22. The Morgan fingerprint density at radius 2 is 0.662 bits per heavy atom. The number of hydrogen-bond donors (Lipinski definition) is 0. The third kappa shape index (κ3) is 49.1. The molecule has 0 aliphatic heterocycles. The van der Waals surface area contributed by atoms with Crippen molar-refractivity contribution in [3.8, 4) is 0 Å². The minimum atomic E-state index is -3.15. The summed E-state index contributed by atoms with van der Waals surface area (Å²) in [6, 6.07) is 0.697. The quantitative estimate of drug-likeness (QED) is 0.0260. The molecule has 0 heterocycles. The fourth-order valence-electron chi connectivity index (χ4n) is 10.1. The Labute approximate surface area is 451 Å². The van der Waals surface area contributed by atoms with Crippen LogP contribution in [-0.2, 0) is 22.9 Å². The van der Waals surface area contributed by atoms with E-state index in [1.54, 1.807) is 0 Å². The summed E-state index contributed by atoms with van der Waals surface area (Å²) in [5.41, 5.74) is 0. The van der Waals surface area contributed by atoms with Crippen LogP contribution in [-0.4, -0.2) is 62.9 Å². The van der Waals surface area contributed by atoms with Crippen molar-refractivity contribution in [2.24, 2.45) is 0 Å². The molecule has 1 unspecified atom stereocenters. The highest BCUT2D eigenvalue weighted by atomic mass is 32.2. The maximum absolute atomic E-state index is 13.1. The van der Waals surface area contributed by atoms with E-state index < -0.39 is 8.80 Å². The van der Waals surface area contributed by atoms with Crippen LogP contribution in [0.3, 0.4) is 0 Å². The lowest BCUT2D eigenvalue weighted by Crippen LogP contribution is -2.52. The average molecular weight is 1040 g/mol. The number of Topliss-reactive ketones (excluding diaryl/α,β-unsaturated/α-hetero) is 1. The molecule has 71 heavy (non-hydrogen) atoms. The van der Waals surface area contributed by atoms with Crippen molar-refractivity contribution in [2.45, 2.75) is 362 Å². The van der Waals surface area contributed by atoms with Gasteiger partial charge >= 0.3 is 8.80 Å². The van der Waals surface area contributed by atoms with E-state index in [2.05, 4.69) is 46.4 Å². The molecule has 0 rings (SSSR count). The first-order valence-electron chi connectivity index (χ1n) is 32.3. The predicted molar refractivity (Wildman–Crippen MR) is 317 cm³/mol. The normalized spacial score (nSPS) is 12.4. The second-order valence-electron chi connectivity index (χ2n) is 22.0. The third-order valence-corrected chi connectivity index (χ3v) is 18.9. The molecule has 0 amide bonds. The molecule has 1 atom stereocenters. The lowest BCUT2D eigenvalue weighted by atomic mass is 10.1. The highest BCUT2D eigenvalue weighted by Gasteiger charge is 2.43. The number of carbonyl (C=O) groups is 2. The second kappa shape index (κ2) is 57.5. The molecule has 0 saturated carbocycles. The fraction of sp³-hybridized carbons (Fsp3) is 0.968. The molecule has 0 aromatic rings. The summed E-state index contributed by atoms with van der Waals surface area (Å²) in [4.78, 5) is 28.7. The molecule has 0 aliphatic rings. The fourth-order valence-corrected chi connectivity index (χ4v) is 13.9. The van der Waals surface area contributed by atoms with Gasteiger partial charge in [-0.3, -0.25) is 14.5 Å². The Bertz CT molecular complexity index is 1040. The summed E-state index contributed by atoms with van der Waals surface area (Å²) in [6.45, 7) is 17.2. The Hall–Kier alpha value is -0.253. The van der Waals surface area contributed by atoms with Gasteiger partial charge in [-0.15, -0.1) is 0 Å². The van der Waals surface area contributed by atoms with Gasteiger partial charge in [0.1, 0.15) is 6.23 Å². The summed E-state index contributed by atoms with van der Waals surface area (Å²) in [5, 5.41) is -0.263. The second-order valence-corrected chi connectivity index (χ2v) is 25.8. The topological polar surface area (TPSA) is 65.1 Å². The van der Waals surface area contributed by atoms with E-state index in [0.717, 1.165) is 45.2 Å². The van der Waals surface area contributed by atoms with Crippen LogP contribution in [0.25, 0.3) is 0 Å². The molecule has 0 N–H and O–H groups in total. The zero-order valence-corrected chi connectivity index (χ0v) is 51.0. The Kier molecular flexibility index (Phi) is 57.2. The molecule has 0 aliphatic carbocycles. The molecule has 8 heteroatoms. The highest BCUT2D eigenvalue weighted by molar-refractivity contribution is 8.15. The van der Waals surface area contributed by atoms with Crippen LogP contribution in [0.15, 0.2) is 0 Å². The van der Waals surface area contributed by atoms with Gasteiger partial charge in [-0.2, -0.15) is 0 Å². The lowest BCUT2D eigenvalue weighted by molar-refractivity contribution is -0.131. The lowest BCUT2D eigenvalue weighted by Gasteiger charge is -2.37. The smallest absolute Gasteiger partial charge is 0.373 e. The van der Waals surface area contributed by atoms with Crippen LogP contribution in [0.1, 0.15) is 350 Å². The van der Waals surface area contributed by atoms with Crippen LogP contribution in [0.5, 0.6) is 0 Å². The van der Waals surface area contributed by atoms with Gasteiger partial charge in [-0.05, 0) is 45.4 Å². The minimum Gasteiger partial charge on any atom is -0.373 e. The predicted octanol–water partition coefficient (Wildman–Crippen LogP) is 21.3. The van der Waals surface area contributed by atoms with E-state index >= 15 is 0 Å². The number of unbranched alkanes of at least 4 members (excludes halogenated alkanes) is 41. The molecule has 0 fully saturated rings. The van der Waals surface area contributed by atoms with E-state index in [1.807, 2.05) is 0 Å². The van der Waals surface area contributed by atoms with Crippen LogP contribution in [0.2, 0.25) is 6.04 Å². The van der Waals surface area contributed by atoms with Crippen molar-refractivity contribution in [3.05, 3.63) is 0 Å². The first-order chi connectivity index (χ1) is 34.9. The maximum atomic E-state index is 13.1. The SMILES string of the molecule is CCCCCCCCCCCCC(=O)C(=O)SCCC[Si](OCCCCCCCCCC)(OCCCCCCCCCC)OC(C)N(CCCCCCCCCCCC)CCCCCCCCCCCC. The highest BCUT2D eigenvalue weighted by Crippen LogP contribution is 2.26. The van der Waals surface area contributed by atoms with Gasteiger partial charge in [0, 0.05) is 44.5 Å². The van der Waals surface area contributed by atoms with Gasteiger partial charge in [-0.25, -0.2) is 0 Å². The Morgan fingerprint density at radius 3 is 0.986 bits per heavy atom. The van der Waals surface area contributed by atoms with Gasteiger partial charge < -0.3 is 13.3 Å². The van der Waals surface area contributed by atoms with E-state index in [0.29, 0.717) is 31.4 Å². The van der Waals surface area contributed by atoms with Gasteiger partial charge in [-0.1, -0.05) is 310 Å². The van der Waals surface area contributed by atoms with Crippen LogP contribution < -0.4 is 0 Å². The number of hydrogen-bond acceptors (Lipinski definition) is 7. The summed E-state index contributed by atoms with van der Waals surface area (Å²) < 4.78 is 21.5. The zero-order chi connectivity index (χ0) is 51.8. The molecule has 0 saturated heterocycles. The average Bonchev–Trinajstić information content (AvgIpc) is 3.37. The van der Waals surface area contributed by atoms with Crippen molar-refractivity contribution in [1.82, 2.24) is 4.90 Å². The van der Waals surface area contributed by atoms with Crippen molar-refractivity contribution in [1.29, 1.82) is 0 Å². The van der Waals surface area contributed by atoms with Gasteiger partial charge in [0.05, 0.1) is 0 Å². The van der Waals surface area contributed by atoms with Crippen molar-refractivity contribution >= 4 is 31.5 Å². The maximum Gasteiger partial charge on any atom is 0.502 e. The minimum absolute atomic E-state index is 0.0900. The Morgan fingerprint density at radius 1 is 0.380 bits per heavy atom. The van der Waals surface area contributed by atoms with E-state index in [-0.39, 0.29) is 17.1 Å². The number of thioether (sulfide) groups is 1. The molecule has 0 aromatic heterocycles. The summed E-state index contributed by atoms with van der Waals surface area (Å²) in [5.74, 6) is 0.410. The summed E-state index contributed by atoms with van der Waals surface area (Å²) in [6.07, 6.45) is 60.4. The number of carbonyl (C=O) groups excluding carboxylic acids is 2. The first-order valence-corrected chi connectivity index (χ1v) is 35.2. The molecule has 0 aromatic carbocycles. The van der Waals surface area contributed by atoms with Crippen molar-refractivity contribution in [3.63, 3.8) is 0 Å². The number of rotatable bonds is 61. The zero-order valence-electron chi connectivity index (χ0n) is 49.2. The van der Waals surface area contributed by atoms with Gasteiger partial charge in [0.15, 0.2) is 0 Å². The van der Waals surface area contributed by atoms with Crippen molar-refractivity contribution < 1.29 is 22.9 Å². The van der Waals surface area contributed by atoms with E-state index in [9.17, 15) is 9.59 Å². The third-order valence-electron chi connectivity index (χ3n) is 14.9. The molecule has 0 spiro atoms.